The second-order valence-corrected chi connectivity index (χ2v) is 7.27. The molecule has 11 nitrogen and oxygen atoms in total. The van der Waals surface area contributed by atoms with Gasteiger partial charge in [0.05, 0.1) is 45.0 Å². The highest BCUT2D eigenvalue weighted by atomic mass is 16.5. The minimum Gasteiger partial charge on any atom is -0.497 e. The van der Waals surface area contributed by atoms with Gasteiger partial charge in [0.2, 0.25) is 5.91 Å². The van der Waals surface area contributed by atoms with Gasteiger partial charge in [-0.2, -0.15) is 0 Å². The van der Waals surface area contributed by atoms with E-state index in [9.17, 15) is 19.2 Å². The van der Waals surface area contributed by atoms with Crippen LogP contribution in [0.5, 0.6) is 17.2 Å². The van der Waals surface area contributed by atoms with Crippen LogP contribution in [-0.4, -0.2) is 63.2 Å². The molecule has 1 atom stereocenters. The normalized spacial score (nSPS) is 14.9. The topological polar surface area (TPSA) is 132 Å². The lowest BCUT2D eigenvalue weighted by Crippen LogP contribution is -2.43. The van der Waals surface area contributed by atoms with Gasteiger partial charge in [0.1, 0.15) is 17.2 Å². The van der Waals surface area contributed by atoms with Gasteiger partial charge in [0.25, 0.3) is 11.8 Å². The third-order valence-corrected chi connectivity index (χ3v) is 5.07. The maximum absolute atomic E-state index is 12.5. The number of carbonyl (C=O) groups excluding carboxylic acids is 4. The molecule has 0 aliphatic carbocycles. The van der Waals surface area contributed by atoms with E-state index >= 15 is 0 Å². The Kier molecular flexibility index (Phi) is 7.91. The highest BCUT2D eigenvalue weighted by Gasteiger charge is 2.37. The average Bonchev–Trinajstić information content (AvgIpc) is 3.22. The predicted octanol–water partition coefficient (Wildman–Crippen LogP) is 1.39. The van der Waals surface area contributed by atoms with Crippen molar-refractivity contribution in [2.75, 3.05) is 39.8 Å². The molecule has 3 amide bonds. The van der Waals surface area contributed by atoms with E-state index in [1.807, 2.05) is 0 Å². The fraction of sp³-hybridized carbons (Fsp3) is 0.304. The molecular weight excluding hydrogens is 446 g/mol. The van der Waals surface area contributed by atoms with Gasteiger partial charge in [-0.15, -0.1) is 0 Å². The molecule has 0 unspecified atom stereocenters. The summed E-state index contributed by atoms with van der Waals surface area (Å²) in [7, 11) is 4.37. The van der Waals surface area contributed by atoms with Crippen molar-refractivity contribution in [1.82, 2.24) is 10.4 Å². The number of carbonyl (C=O) groups is 4. The number of rotatable bonds is 9. The van der Waals surface area contributed by atoms with Crippen LogP contribution in [0.15, 0.2) is 42.5 Å². The van der Waals surface area contributed by atoms with E-state index in [4.69, 9.17) is 18.9 Å². The molecule has 0 spiro atoms. The average molecular weight is 471 g/mol. The van der Waals surface area contributed by atoms with Crippen molar-refractivity contribution in [2.45, 2.75) is 6.42 Å². The van der Waals surface area contributed by atoms with Gasteiger partial charge in [-0.1, -0.05) is 12.1 Å². The summed E-state index contributed by atoms with van der Waals surface area (Å²) in [5.74, 6) is -1.88. The highest BCUT2D eigenvalue weighted by Crippen LogP contribution is 2.29. The van der Waals surface area contributed by atoms with Crippen molar-refractivity contribution in [3.8, 4) is 17.2 Å². The van der Waals surface area contributed by atoms with Gasteiger partial charge in [-0.25, -0.2) is 0 Å². The molecule has 1 saturated heterocycles. The molecule has 1 fully saturated rings. The maximum atomic E-state index is 12.5. The third-order valence-electron chi connectivity index (χ3n) is 5.07. The molecule has 1 aliphatic rings. The number of anilines is 1. The second-order valence-electron chi connectivity index (χ2n) is 7.27. The first-order valence-corrected chi connectivity index (χ1v) is 10.3. The Labute approximate surface area is 195 Å². The molecule has 2 N–H and O–H groups in total. The summed E-state index contributed by atoms with van der Waals surface area (Å²) in [5.41, 5.74) is 3.07. The van der Waals surface area contributed by atoms with E-state index < -0.39 is 36.2 Å². The summed E-state index contributed by atoms with van der Waals surface area (Å²) in [6, 6.07) is 11.4. The van der Waals surface area contributed by atoms with Crippen molar-refractivity contribution in [1.29, 1.82) is 0 Å². The number of nitrogens with zero attached hydrogens (tertiary/aromatic N) is 1. The number of para-hydroxylation sites is 1. The van der Waals surface area contributed by atoms with E-state index in [-0.39, 0.29) is 18.5 Å². The monoisotopic (exact) mass is 471 g/mol. The fourth-order valence-electron chi connectivity index (χ4n) is 3.34. The van der Waals surface area contributed by atoms with E-state index in [1.54, 1.807) is 42.5 Å². The number of hydrogen-bond acceptors (Lipinski definition) is 8. The Morgan fingerprint density at radius 3 is 2.44 bits per heavy atom. The first kappa shape index (κ1) is 24.4. The number of esters is 1. The number of hydrogen-bond donors (Lipinski definition) is 2. The lowest BCUT2D eigenvalue weighted by Gasteiger charge is -2.18. The number of nitrogens with one attached hydrogen (secondary N) is 2. The molecule has 1 aliphatic heterocycles. The summed E-state index contributed by atoms with van der Waals surface area (Å²) in [4.78, 5) is 49.5. The molecule has 11 heteroatoms. The van der Waals surface area contributed by atoms with Crippen LogP contribution in [0.2, 0.25) is 0 Å². The summed E-state index contributed by atoms with van der Waals surface area (Å²) >= 11 is 0. The summed E-state index contributed by atoms with van der Waals surface area (Å²) in [6.07, 6.45) is -0.156. The molecule has 34 heavy (non-hydrogen) atoms. The molecular formula is C23H25N3O8. The molecule has 0 saturated carbocycles. The third kappa shape index (κ3) is 5.74. The summed E-state index contributed by atoms with van der Waals surface area (Å²) in [6.45, 7) is -0.638. The molecule has 0 radical (unpaired) electrons. The quantitative estimate of drug-likeness (QED) is 0.525. The second kappa shape index (κ2) is 11.0. The molecule has 0 bridgehead atoms. The maximum Gasteiger partial charge on any atom is 0.311 e. The first-order chi connectivity index (χ1) is 16.4. The predicted molar refractivity (Wildman–Crippen MR) is 119 cm³/mol. The molecule has 1 heterocycles. The van der Waals surface area contributed by atoms with Crippen LogP contribution in [0.25, 0.3) is 0 Å². The van der Waals surface area contributed by atoms with Gasteiger partial charge in [0.15, 0.2) is 6.61 Å². The number of hydrazine groups is 1. The van der Waals surface area contributed by atoms with Gasteiger partial charge in [0, 0.05) is 12.5 Å². The minimum absolute atomic E-state index is 0.0795. The zero-order valence-electron chi connectivity index (χ0n) is 19.0. The van der Waals surface area contributed by atoms with E-state index in [1.165, 1.54) is 21.3 Å². The van der Waals surface area contributed by atoms with E-state index in [2.05, 4.69) is 10.7 Å². The van der Waals surface area contributed by atoms with Crippen LogP contribution in [-0.2, 0) is 19.1 Å². The van der Waals surface area contributed by atoms with E-state index in [0.29, 0.717) is 22.9 Å². The van der Waals surface area contributed by atoms with Crippen LogP contribution in [0.1, 0.15) is 16.8 Å². The van der Waals surface area contributed by atoms with Crippen LogP contribution in [0, 0.1) is 5.92 Å². The zero-order valence-corrected chi connectivity index (χ0v) is 19.0. The number of benzene rings is 2. The van der Waals surface area contributed by atoms with Crippen LogP contribution >= 0.6 is 0 Å². The van der Waals surface area contributed by atoms with Gasteiger partial charge >= 0.3 is 5.97 Å². The molecule has 2 aromatic rings. The fourth-order valence-corrected chi connectivity index (χ4v) is 3.34. The largest absolute Gasteiger partial charge is 0.497 e. The standard InChI is InChI=1S/C23H25N3O8/c1-31-15-8-9-19(33-3)17(11-15)24-20(27)13-34-23(30)14-10-21(28)26(12-14)25-22(29)16-6-4-5-7-18(16)32-2/h4-9,11,14H,10,12-13H2,1-3H3,(H,24,27)(H,25,29)/t14-/m1/s1. The Hall–Kier alpha value is -4.28. The smallest absolute Gasteiger partial charge is 0.311 e. The number of ether oxygens (including phenoxy) is 4. The first-order valence-electron chi connectivity index (χ1n) is 10.3. The molecule has 0 aromatic heterocycles. The summed E-state index contributed by atoms with van der Waals surface area (Å²) in [5, 5.41) is 3.64. The van der Waals surface area contributed by atoms with Gasteiger partial charge < -0.3 is 24.3 Å². The van der Waals surface area contributed by atoms with Crippen LogP contribution < -0.4 is 25.0 Å². The Morgan fingerprint density at radius 1 is 1.00 bits per heavy atom. The Bertz CT molecular complexity index is 1090. The Balaban J connectivity index is 1.53. The van der Waals surface area contributed by atoms with E-state index in [0.717, 1.165) is 5.01 Å². The van der Waals surface area contributed by atoms with Crippen LogP contribution in [0.4, 0.5) is 5.69 Å². The van der Waals surface area contributed by atoms with Crippen molar-refractivity contribution in [3.63, 3.8) is 0 Å². The molecule has 3 rings (SSSR count). The number of methoxy groups -OCH3 is 3. The lowest BCUT2D eigenvalue weighted by atomic mass is 10.1. The zero-order chi connectivity index (χ0) is 24.7. The van der Waals surface area contributed by atoms with Crippen molar-refractivity contribution in [3.05, 3.63) is 48.0 Å². The van der Waals surface area contributed by atoms with Crippen molar-refractivity contribution < 1.29 is 38.1 Å². The van der Waals surface area contributed by atoms with Gasteiger partial charge in [-0.05, 0) is 24.3 Å². The van der Waals surface area contributed by atoms with Crippen molar-refractivity contribution >= 4 is 29.4 Å². The summed E-state index contributed by atoms with van der Waals surface area (Å²) < 4.78 is 20.5. The highest BCUT2D eigenvalue weighted by molar-refractivity contribution is 5.99. The SMILES string of the molecule is COc1ccc(OC)c(NC(=O)COC(=O)[C@@H]2CC(=O)N(NC(=O)c3ccccc3OC)C2)c1. The lowest BCUT2D eigenvalue weighted by molar-refractivity contribution is -0.151. The Morgan fingerprint density at radius 2 is 1.74 bits per heavy atom. The number of amides is 3. The van der Waals surface area contributed by atoms with Crippen molar-refractivity contribution in [2.24, 2.45) is 5.92 Å². The van der Waals surface area contributed by atoms with Crippen LogP contribution in [0.3, 0.4) is 0 Å². The molecule has 180 valence electrons. The molecule has 2 aromatic carbocycles. The minimum atomic E-state index is -0.829. The van der Waals surface area contributed by atoms with Gasteiger partial charge in [-0.3, -0.25) is 29.6 Å².